The van der Waals surface area contributed by atoms with Crippen LogP contribution in [0, 0.1) is 0 Å². The van der Waals surface area contributed by atoms with Gasteiger partial charge >= 0.3 is 0 Å². The number of rotatable bonds is 2. The first-order chi connectivity index (χ1) is 10.0. The summed E-state index contributed by atoms with van der Waals surface area (Å²) in [6, 6.07) is 8.39. The third-order valence-electron chi connectivity index (χ3n) is 3.01. The van der Waals surface area contributed by atoms with Crippen molar-refractivity contribution in [2.24, 2.45) is 0 Å². The second-order valence-electron chi connectivity index (χ2n) is 4.51. The molecule has 0 fully saturated rings. The average molecular weight is 367 g/mol. The molecular formula is C14H9BrClN3O2. The van der Waals surface area contributed by atoms with Crippen molar-refractivity contribution in [3.05, 3.63) is 51.2 Å². The molecule has 0 saturated heterocycles. The fraction of sp³-hybridized carbons (Fsp3) is 0.0714. The number of nitrogens with one attached hydrogen (secondary N) is 2. The Labute approximate surface area is 133 Å². The molecule has 0 saturated carbocycles. The van der Waals surface area contributed by atoms with Crippen molar-refractivity contribution in [1.29, 1.82) is 0 Å². The molecule has 2 heterocycles. The predicted molar refractivity (Wildman–Crippen MR) is 83.7 cm³/mol. The minimum atomic E-state index is -0.365. The molecule has 106 valence electrons. The van der Waals surface area contributed by atoms with Crippen LogP contribution in [0.25, 0.3) is 0 Å². The Kier molecular flexibility index (Phi) is 3.65. The number of benzene rings is 1. The molecule has 2 amide bonds. The van der Waals surface area contributed by atoms with Gasteiger partial charge in [-0.15, -0.1) is 0 Å². The standard InChI is InChI=1S/C14H9BrClN3O2/c15-12-3-1-2-9(17-12)14(21)19-11-4-7-5-13(20)18-10(7)6-8(11)16/h1-4,6H,5H2,(H,18,20)(H,19,21). The highest BCUT2D eigenvalue weighted by atomic mass is 79.9. The van der Waals surface area contributed by atoms with E-state index in [0.717, 1.165) is 5.56 Å². The molecule has 0 bridgehead atoms. The number of carbonyl (C=O) groups excluding carboxylic acids is 2. The first-order valence-corrected chi connectivity index (χ1v) is 7.26. The summed E-state index contributed by atoms with van der Waals surface area (Å²) < 4.78 is 0.574. The third kappa shape index (κ3) is 2.91. The number of halogens is 2. The first-order valence-electron chi connectivity index (χ1n) is 6.09. The summed E-state index contributed by atoms with van der Waals surface area (Å²) in [5.74, 6) is -0.450. The molecule has 1 aliphatic rings. The monoisotopic (exact) mass is 365 g/mol. The predicted octanol–water partition coefficient (Wildman–Crippen LogP) is 3.24. The van der Waals surface area contributed by atoms with E-state index in [1.807, 2.05) is 0 Å². The number of aromatic nitrogens is 1. The molecule has 7 heteroatoms. The Hall–Kier alpha value is -1.92. The van der Waals surface area contributed by atoms with Crippen molar-refractivity contribution in [3.63, 3.8) is 0 Å². The van der Waals surface area contributed by atoms with Crippen LogP contribution in [0.2, 0.25) is 5.02 Å². The minimum Gasteiger partial charge on any atom is -0.325 e. The maximum atomic E-state index is 12.1. The van der Waals surface area contributed by atoms with E-state index >= 15 is 0 Å². The van der Waals surface area contributed by atoms with Gasteiger partial charge in [0.15, 0.2) is 0 Å². The van der Waals surface area contributed by atoms with Crippen molar-refractivity contribution < 1.29 is 9.59 Å². The Morgan fingerprint density at radius 2 is 2.19 bits per heavy atom. The SMILES string of the molecule is O=C1Cc2cc(NC(=O)c3cccc(Br)n3)c(Cl)cc2N1. The summed E-state index contributed by atoms with van der Waals surface area (Å²) in [6.45, 7) is 0. The highest BCUT2D eigenvalue weighted by molar-refractivity contribution is 9.10. The molecule has 2 aromatic rings. The summed E-state index contributed by atoms with van der Waals surface area (Å²) in [6.07, 6.45) is 0.282. The molecule has 0 radical (unpaired) electrons. The minimum absolute atomic E-state index is 0.0850. The lowest BCUT2D eigenvalue weighted by molar-refractivity contribution is -0.115. The van der Waals surface area contributed by atoms with Crippen LogP contribution in [-0.4, -0.2) is 16.8 Å². The van der Waals surface area contributed by atoms with Crippen molar-refractivity contribution in [2.75, 3.05) is 10.6 Å². The Morgan fingerprint density at radius 3 is 2.95 bits per heavy atom. The van der Waals surface area contributed by atoms with Gasteiger partial charge in [-0.25, -0.2) is 4.98 Å². The number of hydrogen-bond acceptors (Lipinski definition) is 3. The van der Waals surface area contributed by atoms with E-state index in [1.54, 1.807) is 30.3 Å². The van der Waals surface area contributed by atoms with Crippen LogP contribution < -0.4 is 10.6 Å². The number of amides is 2. The molecule has 0 aliphatic carbocycles. The Balaban J connectivity index is 1.87. The highest BCUT2D eigenvalue weighted by Gasteiger charge is 2.20. The largest absolute Gasteiger partial charge is 0.325 e. The zero-order valence-electron chi connectivity index (χ0n) is 10.6. The molecule has 1 aromatic carbocycles. The normalized spacial score (nSPS) is 12.8. The lowest BCUT2D eigenvalue weighted by atomic mass is 10.1. The van der Waals surface area contributed by atoms with Crippen molar-refractivity contribution >= 4 is 50.7 Å². The summed E-state index contributed by atoms with van der Waals surface area (Å²) >= 11 is 9.34. The second kappa shape index (κ2) is 5.46. The van der Waals surface area contributed by atoms with Gasteiger partial charge in [0.2, 0.25) is 5.91 Å². The first kappa shape index (κ1) is 14.0. The van der Waals surface area contributed by atoms with E-state index in [-0.39, 0.29) is 23.9 Å². The fourth-order valence-corrected chi connectivity index (χ4v) is 2.62. The molecule has 3 rings (SSSR count). The molecular weight excluding hydrogens is 358 g/mol. The van der Waals surface area contributed by atoms with Crippen LogP contribution >= 0.6 is 27.5 Å². The van der Waals surface area contributed by atoms with Crippen LogP contribution in [-0.2, 0) is 11.2 Å². The average Bonchev–Trinajstić information content (AvgIpc) is 2.78. The zero-order valence-corrected chi connectivity index (χ0v) is 13.0. The van der Waals surface area contributed by atoms with Gasteiger partial charge in [0.25, 0.3) is 5.91 Å². The molecule has 0 atom stereocenters. The van der Waals surface area contributed by atoms with E-state index < -0.39 is 0 Å². The quantitative estimate of drug-likeness (QED) is 0.802. The third-order valence-corrected chi connectivity index (χ3v) is 3.77. The highest BCUT2D eigenvalue weighted by Crippen LogP contribution is 2.33. The van der Waals surface area contributed by atoms with Crippen molar-refractivity contribution in [3.8, 4) is 0 Å². The van der Waals surface area contributed by atoms with Gasteiger partial charge in [-0.2, -0.15) is 0 Å². The van der Waals surface area contributed by atoms with Crippen LogP contribution in [0.15, 0.2) is 34.9 Å². The van der Waals surface area contributed by atoms with Crippen molar-refractivity contribution in [1.82, 2.24) is 4.98 Å². The smallest absolute Gasteiger partial charge is 0.274 e. The zero-order chi connectivity index (χ0) is 15.0. The maximum absolute atomic E-state index is 12.1. The van der Waals surface area contributed by atoms with Crippen LogP contribution in [0.1, 0.15) is 16.1 Å². The molecule has 21 heavy (non-hydrogen) atoms. The number of fused-ring (bicyclic) bond motifs is 1. The number of carbonyl (C=O) groups is 2. The van der Waals surface area contributed by atoms with Gasteiger partial charge in [0, 0.05) is 5.69 Å². The van der Waals surface area contributed by atoms with E-state index in [0.29, 0.717) is 21.0 Å². The molecule has 0 spiro atoms. The summed E-state index contributed by atoms with van der Waals surface area (Å²) in [4.78, 5) is 27.6. The van der Waals surface area contributed by atoms with Crippen LogP contribution in [0.4, 0.5) is 11.4 Å². The number of hydrogen-bond donors (Lipinski definition) is 2. The second-order valence-corrected chi connectivity index (χ2v) is 5.73. The summed E-state index contributed by atoms with van der Waals surface area (Å²) in [5.41, 5.74) is 2.22. The van der Waals surface area contributed by atoms with Crippen LogP contribution in [0.5, 0.6) is 0 Å². The summed E-state index contributed by atoms with van der Waals surface area (Å²) in [7, 11) is 0. The lowest BCUT2D eigenvalue weighted by Gasteiger charge is -2.09. The van der Waals surface area contributed by atoms with Gasteiger partial charge in [0.05, 0.1) is 17.1 Å². The molecule has 1 aliphatic heterocycles. The molecule has 1 aromatic heterocycles. The Morgan fingerprint density at radius 1 is 1.38 bits per heavy atom. The maximum Gasteiger partial charge on any atom is 0.274 e. The van der Waals surface area contributed by atoms with Crippen LogP contribution in [0.3, 0.4) is 0 Å². The molecule has 5 nitrogen and oxygen atoms in total. The van der Waals surface area contributed by atoms with Gasteiger partial charge in [-0.05, 0) is 45.8 Å². The molecule has 0 unspecified atom stereocenters. The van der Waals surface area contributed by atoms with Gasteiger partial charge < -0.3 is 10.6 Å². The van der Waals surface area contributed by atoms with Gasteiger partial charge in [0.1, 0.15) is 10.3 Å². The topological polar surface area (TPSA) is 71.1 Å². The van der Waals surface area contributed by atoms with E-state index in [2.05, 4.69) is 31.5 Å². The van der Waals surface area contributed by atoms with E-state index in [9.17, 15) is 9.59 Å². The van der Waals surface area contributed by atoms with Gasteiger partial charge in [-0.3, -0.25) is 9.59 Å². The summed E-state index contributed by atoms with van der Waals surface area (Å²) in [5, 5.41) is 5.77. The Bertz CT molecular complexity index is 764. The van der Waals surface area contributed by atoms with Gasteiger partial charge in [-0.1, -0.05) is 17.7 Å². The number of anilines is 2. The lowest BCUT2D eigenvalue weighted by Crippen LogP contribution is -2.14. The van der Waals surface area contributed by atoms with E-state index in [1.165, 1.54) is 0 Å². The fourth-order valence-electron chi connectivity index (χ4n) is 2.06. The number of nitrogens with zero attached hydrogens (tertiary/aromatic N) is 1. The van der Waals surface area contributed by atoms with E-state index in [4.69, 9.17) is 11.6 Å². The van der Waals surface area contributed by atoms with Crippen molar-refractivity contribution in [2.45, 2.75) is 6.42 Å². The number of pyridine rings is 1. The molecule has 2 N–H and O–H groups in total.